The Labute approximate surface area is 132 Å². The first-order valence-corrected chi connectivity index (χ1v) is 7.10. The zero-order valence-electron chi connectivity index (χ0n) is 12.2. The largest absolute Gasteiger partial charge is 0.454 e. The molecule has 0 radical (unpaired) electrons. The van der Waals surface area contributed by atoms with Crippen LogP contribution in [0.1, 0.15) is 23.2 Å². The number of ether oxygens (including phenoxy) is 2. The van der Waals surface area contributed by atoms with E-state index in [1.807, 2.05) is 0 Å². The number of hydrogen-bond donors (Lipinski definition) is 1. The molecule has 1 aliphatic heterocycles. The van der Waals surface area contributed by atoms with Crippen molar-refractivity contribution in [2.24, 2.45) is 0 Å². The predicted octanol–water partition coefficient (Wildman–Crippen LogP) is 3.16. The van der Waals surface area contributed by atoms with Gasteiger partial charge in [-0.1, -0.05) is 0 Å². The van der Waals surface area contributed by atoms with E-state index in [0.29, 0.717) is 22.7 Å². The van der Waals surface area contributed by atoms with Crippen molar-refractivity contribution in [3.05, 3.63) is 53.8 Å². The molecule has 2 aromatic carbocycles. The predicted molar refractivity (Wildman–Crippen MR) is 81.2 cm³/mol. The van der Waals surface area contributed by atoms with E-state index < -0.39 is 5.82 Å². The van der Waals surface area contributed by atoms with E-state index in [1.165, 1.54) is 24.3 Å². The minimum absolute atomic E-state index is 0.0463. The molecule has 0 fully saturated rings. The monoisotopic (exact) mass is 315 g/mol. The molecule has 0 unspecified atom stereocenters. The van der Waals surface area contributed by atoms with Gasteiger partial charge in [0.25, 0.3) is 0 Å². The van der Waals surface area contributed by atoms with E-state index in [9.17, 15) is 14.0 Å². The summed E-state index contributed by atoms with van der Waals surface area (Å²) in [6.07, 6.45) is 0.104. The molecule has 3 rings (SSSR count). The van der Waals surface area contributed by atoms with Gasteiger partial charge in [-0.2, -0.15) is 0 Å². The van der Waals surface area contributed by atoms with Crippen LogP contribution in [0.15, 0.2) is 42.5 Å². The highest BCUT2D eigenvalue weighted by Crippen LogP contribution is 2.34. The first-order valence-electron chi connectivity index (χ1n) is 7.10. The Bertz CT molecular complexity index is 743. The molecule has 0 aromatic heterocycles. The third-order valence-electron chi connectivity index (χ3n) is 3.40. The van der Waals surface area contributed by atoms with Gasteiger partial charge in [-0.3, -0.25) is 9.59 Å². The zero-order chi connectivity index (χ0) is 16.2. The molecule has 0 spiro atoms. The molecule has 118 valence electrons. The number of Topliss-reactive ketones (excluding diaryl/α,β-unsaturated/α-hetero) is 1. The third kappa shape index (κ3) is 3.66. The average molecular weight is 315 g/mol. The van der Waals surface area contributed by atoms with Crippen molar-refractivity contribution < 1.29 is 23.5 Å². The van der Waals surface area contributed by atoms with E-state index in [2.05, 4.69) is 5.32 Å². The van der Waals surface area contributed by atoms with Gasteiger partial charge in [-0.25, -0.2) is 4.39 Å². The lowest BCUT2D eigenvalue weighted by molar-refractivity contribution is -0.116. The number of ketones is 1. The summed E-state index contributed by atoms with van der Waals surface area (Å²) in [5.41, 5.74) is 0.968. The minimum atomic E-state index is -0.401. The van der Waals surface area contributed by atoms with Crippen LogP contribution in [-0.2, 0) is 4.79 Å². The Morgan fingerprint density at radius 1 is 1.00 bits per heavy atom. The topological polar surface area (TPSA) is 64.6 Å². The van der Waals surface area contributed by atoms with E-state index in [0.717, 1.165) is 0 Å². The molecule has 1 N–H and O–H groups in total. The maximum atomic E-state index is 12.8. The number of amides is 1. The third-order valence-corrected chi connectivity index (χ3v) is 3.40. The van der Waals surface area contributed by atoms with Crippen molar-refractivity contribution >= 4 is 17.4 Å². The lowest BCUT2D eigenvalue weighted by Crippen LogP contribution is -2.13. The highest BCUT2D eigenvalue weighted by atomic mass is 19.1. The second kappa shape index (κ2) is 6.48. The first kappa shape index (κ1) is 15.0. The molecule has 1 heterocycles. The van der Waals surface area contributed by atoms with E-state index in [4.69, 9.17) is 9.47 Å². The number of anilines is 1. The van der Waals surface area contributed by atoms with Crippen molar-refractivity contribution in [3.8, 4) is 11.5 Å². The molecule has 6 heteroatoms. The molecule has 2 aromatic rings. The second-order valence-corrected chi connectivity index (χ2v) is 5.05. The van der Waals surface area contributed by atoms with Crippen LogP contribution in [0.25, 0.3) is 0 Å². The van der Waals surface area contributed by atoms with E-state index in [-0.39, 0.29) is 31.3 Å². The fraction of sp³-hybridized carbons (Fsp3) is 0.176. The Balaban J connectivity index is 1.53. The van der Waals surface area contributed by atoms with Gasteiger partial charge in [0.15, 0.2) is 17.3 Å². The number of fused-ring (bicyclic) bond motifs is 1. The number of carbonyl (C=O) groups excluding carboxylic acids is 2. The summed E-state index contributed by atoms with van der Waals surface area (Å²) in [5, 5.41) is 2.70. The highest BCUT2D eigenvalue weighted by molar-refractivity contribution is 6.00. The summed E-state index contributed by atoms with van der Waals surface area (Å²) < 4.78 is 23.2. The Kier molecular flexibility index (Phi) is 4.23. The molecular weight excluding hydrogens is 301 g/mol. The van der Waals surface area contributed by atoms with Crippen molar-refractivity contribution in [1.82, 2.24) is 0 Å². The lowest BCUT2D eigenvalue weighted by atomic mass is 10.1. The smallest absolute Gasteiger partial charge is 0.231 e. The summed E-state index contributed by atoms with van der Waals surface area (Å²) >= 11 is 0. The molecule has 0 saturated carbocycles. The summed E-state index contributed by atoms with van der Waals surface area (Å²) in [5.74, 6) is 0.326. The molecule has 5 nitrogen and oxygen atoms in total. The molecule has 0 aliphatic carbocycles. The summed E-state index contributed by atoms with van der Waals surface area (Å²) in [6, 6.07) is 10.3. The van der Waals surface area contributed by atoms with Crippen LogP contribution in [-0.4, -0.2) is 18.5 Å². The normalized spacial score (nSPS) is 12.0. The maximum absolute atomic E-state index is 12.8. The van der Waals surface area contributed by atoms with Crippen molar-refractivity contribution in [2.45, 2.75) is 12.8 Å². The van der Waals surface area contributed by atoms with Crippen LogP contribution in [0.3, 0.4) is 0 Å². The first-order chi connectivity index (χ1) is 11.1. The molecule has 1 amide bonds. The van der Waals surface area contributed by atoms with Gasteiger partial charge >= 0.3 is 0 Å². The maximum Gasteiger partial charge on any atom is 0.231 e. The van der Waals surface area contributed by atoms with Crippen LogP contribution in [0, 0.1) is 5.82 Å². The van der Waals surface area contributed by atoms with Gasteiger partial charge in [0.05, 0.1) is 0 Å². The number of halogens is 1. The van der Waals surface area contributed by atoms with Crippen LogP contribution >= 0.6 is 0 Å². The quantitative estimate of drug-likeness (QED) is 0.861. The Morgan fingerprint density at radius 2 is 1.74 bits per heavy atom. The van der Waals surface area contributed by atoms with Gasteiger partial charge < -0.3 is 14.8 Å². The SMILES string of the molecule is O=C(CCC(=O)c1ccc(F)cc1)Nc1ccc2c(c1)OCO2. The van der Waals surface area contributed by atoms with Gasteiger partial charge in [0, 0.05) is 30.2 Å². The van der Waals surface area contributed by atoms with Crippen molar-refractivity contribution in [3.63, 3.8) is 0 Å². The molecular formula is C17H14FNO4. The van der Waals surface area contributed by atoms with E-state index in [1.54, 1.807) is 18.2 Å². The second-order valence-electron chi connectivity index (χ2n) is 5.05. The number of nitrogens with one attached hydrogen (secondary N) is 1. The molecule has 0 bridgehead atoms. The van der Waals surface area contributed by atoms with Crippen molar-refractivity contribution in [2.75, 3.05) is 12.1 Å². The van der Waals surface area contributed by atoms with Gasteiger partial charge in [0.1, 0.15) is 5.82 Å². The van der Waals surface area contributed by atoms with Crippen molar-refractivity contribution in [1.29, 1.82) is 0 Å². The summed E-state index contributed by atoms with van der Waals surface area (Å²) in [4.78, 5) is 23.8. The average Bonchev–Trinajstić information content (AvgIpc) is 3.01. The fourth-order valence-corrected chi connectivity index (χ4v) is 2.20. The highest BCUT2D eigenvalue weighted by Gasteiger charge is 2.15. The summed E-state index contributed by atoms with van der Waals surface area (Å²) in [6.45, 7) is 0.166. The van der Waals surface area contributed by atoms with Crippen LogP contribution in [0.4, 0.5) is 10.1 Å². The minimum Gasteiger partial charge on any atom is -0.454 e. The van der Waals surface area contributed by atoms with Crippen LogP contribution < -0.4 is 14.8 Å². The molecule has 1 aliphatic rings. The van der Waals surface area contributed by atoms with Gasteiger partial charge in [0.2, 0.25) is 12.7 Å². The molecule has 23 heavy (non-hydrogen) atoms. The lowest BCUT2D eigenvalue weighted by Gasteiger charge is -2.06. The van der Waals surface area contributed by atoms with Crippen LogP contribution in [0.5, 0.6) is 11.5 Å². The molecule has 0 saturated heterocycles. The number of benzene rings is 2. The Morgan fingerprint density at radius 3 is 2.52 bits per heavy atom. The number of carbonyl (C=O) groups is 2. The standard InChI is InChI=1S/C17H14FNO4/c18-12-3-1-11(2-4-12)14(20)6-8-17(21)19-13-5-7-15-16(9-13)23-10-22-15/h1-5,7,9H,6,8,10H2,(H,19,21). The zero-order valence-corrected chi connectivity index (χ0v) is 12.2. The number of hydrogen-bond acceptors (Lipinski definition) is 4. The van der Waals surface area contributed by atoms with Crippen LogP contribution in [0.2, 0.25) is 0 Å². The van der Waals surface area contributed by atoms with Gasteiger partial charge in [-0.15, -0.1) is 0 Å². The molecule has 0 atom stereocenters. The fourth-order valence-electron chi connectivity index (χ4n) is 2.20. The van der Waals surface area contributed by atoms with Gasteiger partial charge in [-0.05, 0) is 36.4 Å². The van der Waals surface area contributed by atoms with E-state index >= 15 is 0 Å². The summed E-state index contributed by atoms with van der Waals surface area (Å²) in [7, 11) is 0. The number of rotatable bonds is 5. The Hall–Kier alpha value is -2.89.